The third-order valence-electron chi connectivity index (χ3n) is 3.88. The number of hydrogen-bond acceptors (Lipinski definition) is 3. The van der Waals surface area contributed by atoms with E-state index in [0.29, 0.717) is 6.04 Å². The summed E-state index contributed by atoms with van der Waals surface area (Å²) >= 11 is 0. The lowest BCUT2D eigenvalue weighted by molar-refractivity contribution is -0.143. The molecule has 1 rings (SSSR count). The van der Waals surface area contributed by atoms with E-state index in [-0.39, 0.29) is 11.3 Å². The first-order valence-electron chi connectivity index (χ1n) is 6.90. The third-order valence-corrected chi connectivity index (χ3v) is 3.88. The lowest BCUT2D eigenvalue weighted by Crippen LogP contribution is -2.41. The molecule has 106 valence electrons. The van der Waals surface area contributed by atoms with E-state index in [9.17, 15) is 4.79 Å². The van der Waals surface area contributed by atoms with Crippen LogP contribution in [0.25, 0.3) is 0 Å². The topological polar surface area (TPSA) is 58.6 Å². The second-order valence-electron chi connectivity index (χ2n) is 6.19. The second-order valence-corrected chi connectivity index (χ2v) is 6.19. The molecule has 0 saturated heterocycles. The van der Waals surface area contributed by atoms with Gasteiger partial charge >= 0.3 is 5.97 Å². The molecule has 0 aromatic rings. The van der Waals surface area contributed by atoms with E-state index in [2.05, 4.69) is 19.2 Å². The predicted octanol–water partition coefficient (Wildman–Crippen LogP) is 2.28. The highest BCUT2D eigenvalue weighted by molar-refractivity contribution is 5.70. The van der Waals surface area contributed by atoms with E-state index in [0.717, 1.165) is 45.3 Å². The fraction of sp³-hybridized carbons (Fsp3) is 0.929. The lowest BCUT2D eigenvalue weighted by Gasteiger charge is -2.32. The van der Waals surface area contributed by atoms with E-state index in [4.69, 9.17) is 9.84 Å². The predicted molar refractivity (Wildman–Crippen MR) is 71.7 cm³/mol. The van der Waals surface area contributed by atoms with Crippen molar-refractivity contribution in [2.75, 3.05) is 20.3 Å². The lowest BCUT2D eigenvalue weighted by atomic mass is 9.84. The van der Waals surface area contributed by atoms with E-state index in [1.165, 1.54) is 0 Å². The van der Waals surface area contributed by atoms with Crippen molar-refractivity contribution in [3.8, 4) is 0 Å². The number of hydrogen-bond donors (Lipinski definition) is 2. The number of carboxylic acids is 1. The average Bonchev–Trinajstić information content (AvgIpc) is 2.34. The maximum Gasteiger partial charge on any atom is 0.306 e. The Kier molecular flexibility index (Phi) is 6.09. The summed E-state index contributed by atoms with van der Waals surface area (Å²) in [5.74, 6) is -0.793. The number of rotatable bonds is 7. The number of nitrogens with one attached hydrogen (secondary N) is 1. The first-order valence-corrected chi connectivity index (χ1v) is 6.90. The maximum absolute atomic E-state index is 11.0. The molecule has 2 unspecified atom stereocenters. The van der Waals surface area contributed by atoms with Crippen molar-refractivity contribution in [2.24, 2.45) is 11.3 Å². The van der Waals surface area contributed by atoms with Crippen LogP contribution in [0.4, 0.5) is 0 Å². The summed E-state index contributed by atoms with van der Waals surface area (Å²) in [5, 5.41) is 12.6. The third kappa shape index (κ3) is 5.36. The number of carbonyl (C=O) groups is 1. The quantitative estimate of drug-likeness (QED) is 0.734. The molecular formula is C14H27NO3. The van der Waals surface area contributed by atoms with Crippen LogP contribution in [0.5, 0.6) is 0 Å². The first-order chi connectivity index (χ1) is 8.44. The van der Waals surface area contributed by atoms with Crippen molar-refractivity contribution in [1.29, 1.82) is 0 Å². The first kappa shape index (κ1) is 15.4. The number of ether oxygens (including phenoxy) is 1. The van der Waals surface area contributed by atoms with Gasteiger partial charge in [0.2, 0.25) is 0 Å². The highest BCUT2D eigenvalue weighted by Crippen LogP contribution is 2.26. The van der Waals surface area contributed by atoms with Crippen LogP contribution in [0.3, 0.4) is 0 Å². The van der Waals surface area contributed by atoms with Crippen LogP contribution in [0.2, 0.25) is 0 Å². The van der Waals surface area contributed by atoms with Crippen molar-refractivity contribution in [3.63, 3.8) is 0 Å². The van der Waals surface area contributed by atoms with Crippen LogP contribution in [0.15, 0.2) is 0 Å². The maximum atomic E-state index is 11.0. The number of carboxylic acid groups (broad SMARTS) is 1. The van der Waals surface area contributed by atoms with E-state index >= 15 is 0 Å². The summed E-state index contributed by atoms with van der Waals surface area (Å²) < 4.78 is 5.11. The fourth-order valence-corrected chi connectivity index (χ4v) is 2.49. The minimum atomic E-state index is -0.639. The smallest absolute Gasteiger partial charge is 0.306 e. The van der Waals surface area contributed by atoms with Gasteiger partial charge in [-0.15, -0.1) is 0 Å². The molecular weight excluding hydrogens is 230 g/mol. The molecule has 0 bridgehead atoms. The zero-order chi connectivity index (χ0) is 13.6. The molecule has 1 fully saturated rings. The fourth-order valence-electron chi connectivity index (χ4n) is 2.49. The SMILES string of the molecule is COCCC(C)(C)CNC1CCCC(C(=O)O)C1. The van der Waals surface area contributed by atoms with Gasteiger partial charge in [0.15, 0.2) is 0 Å². The molecule has 2 N–H and O–H groups in total. The minimum Gasteiger partial charge on any atom is -0.481 e. The van der Waals surface area contributed by atoms with Gasteiger partial charge in [-0.3, -0.25) is 4.79 Å². The Hall–Kier alpha value is -0.610. The van der Waals surface area contributed by atoms with Crippen molar-refractivity contribution >= 4 is 5.97 Å². The van der Waals surface area contributed by atoms with Gasteiger partial charge in [-0.25, -0.2) is 0 Å². The number of aliphatic carboxylic acids is 1. The minimum absolute atomic E-state index is 0.154. The van der Waals surface area contributed by atoms with Crippen molar-refractivity contribution in [3.05, 3.63) is 0 Å². The second kappa shape index (κ2) is 7.10. The Morgan fingerprint density at radius 1 is 1.44 bits per heavy atom. The number of methoxy groups -OCH3 is 1. The molecule has 4 nitrogen and oxygen atoms in total. The molecule has 0 aliphatic heterocycles. The van der Waals surface area contributed by atoms with Crippen molar-refractivity contribution < 1.29 is 14.6 Å². The molecule has 2 atom stereocenters. The van der Waals surface area contributed by atoms with Crippen LogP contribution in [-0.2, 0) is 9.53 Å². The summed E-state index contributed by atoms with van der Waals surface area (Å²) in [6.45, 7) is 6.14. The van der Waals surface area contributed by atoms with E-state index in [1.807, 2.05) is 0 Å². The zero-order valence-electron chi connectivity index (χ0n) is 11.9. The van der Waals surface area contributed by atoms with Gasteiger partial charge in [0.05, 0.1) is 5.92 Å². The Labute approximate surface area is 110 Å². The van der Waals surface area contributed by atoms with E-state index in [1.54, 1.807) is 7.11 Å². The van der Waals surface area contributed by atoms with Gasteiger partial charge in [-0.1, -0.05) is 20.3 Å². The summed E-state index contributed by atoms with van der Waals surface area (Å²) in [6, 6.07) is 0.363. The summed E-state index contributed by atoms with van der Waals surface area (Å²) in [7, 11) is 1.72. The van der Waals surface area contributed by atoms with Gasteiger partial charge in [-0.2, -0.15) is 0 Å². The zero-order valence-corrected chi connectivity index (χ0v) is 11.9. The molecule has 0 aromatic heterocycles. The molecule has 0 heterocycles. The Bertz CT molecular complexity index is 266. The molecule has 1 aliphatic rings. The van der Waals surface area contributed by atoms with Crippen LogP contribution in [0, 0.1) is 11.3 Å². The molecule has 1 saturated carbocycles. The molecule has 18 heavy (non-hydrogen) atoms. The highest BCUT2D eigenvalue weighted by Gasteiger charge is 2.28. The largest absolute Gasteiger partial charge is 0.481 e. The molecule has 0 radical (unpaired) electrons. The van der Waals surface area contributed by atoms with Gasteiger partial charge in [0, 0.05) is 26.3 Å². The summed E-state index contributed by atoms with van der Waals surface area (Å²) in [5.41, 5.74) is 0.201. The molecule has 0 spiro atoms. The Balaban J connectivity index is 2.31. The van der Waals surface area contributed by atoms with Gasteiger partial charge in [0.25, 0.3) is 0 Å². The van der Waals surface area contributed by atoms with Crippen molar-refractivity contribution in [1.82, 2.24) is 5.32 Å². The molecule has 1 aliphatic carbocycles. The van der Waals surface area contributed by atoms with Gasteiger partial charge in [0.1, 0.15) is 0 Å². The van der Waals surface area contributed by atoms with Crippen LogP contribution < -0.4 is 5.32 Å². The average molecular weight is 257 g/mol. The highest BCUT2D eigenvalue weighted by atomic mass is 16.5. The molecule has 0 amide bonds. The Morgan fingerprint density at radius 2 is 2.17 bits per heavy atom. The summed E-state index contributed by atoms with van der Waals surface area (Å²) in [6.07, 6.45) is 4.75. The van der Waals surface area contributed by atoms with Gasteiger partial charge in [-0.05, 0) is 31.1 Å². The van der Waals surface area contributed by atoms with E-state index < -0.39 is 5.97 Å². The molecule has 4 heteroatoms. The monoisotopic (exact) mass is 257 g/mol. The Morgan fingerprint density at radius 3 is 2.78 bits per heavy atom. The van der Waals surface area contributed by atoms with Crippen molar-refractivity contribution in [2.45, 2.75) is 52.0 Å². The van der Waals surface area contributed by atoms with Crippen LogP contribution in [0.1, 0.15) is 46.0 Å². The standard InChI is InChI=1S/C14H27NO3/c1-14(2,7-8-18-3)10-15-12-6-4-5-11(9-12)13(16)17/h11-12,15H,4-10H2,1-3H3,(H,16,17). The van der Waals surface area contributed by atoms with Gasteiger partial charge < -0.3 is 15.2 Å². The molecule has 0 aromatic carbocycles. The normalized spacial score (nSPS) is 25.1. The van der Waals surface area contributed by atoms with Crippen LogP contribution >= 0.6 is 0 Å². The summed E-state index contributed by atoms with van der Waals surface area (Å²) in [4.78, 5) is 11.0. The van der Waals surface area contributed by atoms with Crippen LogP contribution in [-0.4, -0.2) is 37.4 Å².